The molecule has 0 N–H and O–H groups in total. The minimum Gasteiger partial charge on any atom is -0.349 e. The number of nitrogens with zero attached hydrogens (tertiary/aromatic N) is 3. The number of aromatic nitrogens is 2. The van der Waals surface area contributed by atoms with Gasteiger partial charge in [-0.1, -0.05) is 24.3 Å². The second-order valence-corrected chi connectivity index (χ2v) is 7.57. The van der Waals surface area contributed by atoms with Crippen LogP contribution in [0.25, 0.3) is 10.2 Å². The van der Waals surface area contributed by atoms with Gasteiger partial charge in [0.15, 0.2) is 0 Å². The third kappa shape index (κ3) is 2.32. The molecule has 1 aliphatic heterocycles. The summed E-state index contributed by atoms with van der Waals surface area (Å²) in [5, 5.41) is 1.25. The van der Waals surface area contributed by atoms with Crippen LogP contribution >= 0.6 is 11.3 Å². The third-order valence-corrected chi connectivity index (χ3v) is 6.13. The van der Waals surface area contributed by atoms with E-state index in [0.717, 1.165) is 17.2 Å². The molecule has 4 rings (SSSR count). The van der Waals surface area contributed by atoms with E-state index in [1.54, 1.807) is 17.7 Å². The molecule has 4 heteroatoms. The molecule has 1 fully saturated rings. The lowest BCUT2D eigenvalue weighted by Gasteiger charge is -2.28. The Kier molecular flexibility index (Phi) is 3.57. The smallest absolute Gasteiger partial charge is 0.141 e. The predicted molar refractivity (Wildman–Crippen MR) is 97.4 cm³/mol. The van der Waals surface area contributed by atoms with Crippen LogP contribution in [-0.2, 0) is 0 Å². The van der Waals surface area contributed by atoms with Gasteiger partial charge in [0.05, 0.1) is 11.4 Å². The average molecular weight is 323 g/mol. The van der Waals surface area contributed by atoms with Gasteiger partial charge >= 0.3 is 0 Å². The van der Waals surface area contributed by atoms with Crippen molar-refractivity contribution in [3.63, 3.8) is 0 Å². The molecule has 1 aliphatic rings. The molecular weight excluding hydrogens is 302 g/mol. The fourth-order valence-corrected chi connectivity index (χ4v) is 4.68. The fourth-order valence-electron chi connectivity index (χ4n) is 3.69. The van der Waals surface area contributed by atoms with Gasteiger partial charge in [-0.2, -0.15) is 0 Å². The highest BCUT2D eigenvalue weighted by molar-refractivity contribution is 7.18. The van der Waals surface area contributed by atoms with Gasteiger partial charge in [-0.25, -0.2) is 9.97 Å². The molecule has 3 heterocycles. The van der Waals surface area contributed by atoms with Gasteiger partial charge in [0.1, 0.15) is 17.0 Å². The zero-order chi connectivity index (χ0) is 16.0. The number of hydrogen-bond acceptors (Lipinski definition) is 4. The Morgan fingerprint density at radius 2 is 1.96 bits per heavy atom. The van der Waals surface area contributed by atoms with Gasteiger partial charge < -0.3 is 4.90 Å². The first-order chi connectivity index (χ1) is 11.2. The van der Waals surface area contributed by atoms with Crippen molar-refractivity contribution in [2.75, 3.05) is 11.4 Å². The number of fused-ring (bicyclic) bond motifs is 1. The van der Waals surface area contributed by atoms with E-state index in [1.807, 2.05) is 0 Å². The lowest BCUT2D eigenvalue weighted by molar-refractivity contribution is 0.708. The first kappa shape index (κ1) is 14.6. The highest BCUT2D eigenvalue weighted by atomic mass is 32.1. The van der Waals surface area contributed by atoms with Crippen molar-refractivity contribution >= 4 is 27.4 Å². The van der Waals surface area contributed by atoms with Crippen molar-refractivity contribution in [3.05, 3.63) is 52.2 Å². The maximum atomic E-state index is 4.69. The van der Waals surface area contributed by atoms with Crippen molar-refractivity contribution in [2.45, 2.75) is 39.7 Å². The van der Waals surface area contributed by atoms with Gasteiger partial charge in [0.2, 0.25) is 0 Å². The van der Waals surface area contributed by atoms with Gasteiger partial charge in [-0.05, 0) is 50.3 Å². The summed E-state index contributed by atoms with van der Waals surface area (Å²) in [6.07, 6.45) is 4.13. The molecule has 2 aromatic heterocycles. The quantitative estimate of drug-likeness (QED) is 0.667. The topological polar surface area (TPSA) is 29.0 Å². The third-order valence-electron chi connectivity index (χ3n) is 5.02. The second kappa shape index (κ2) is 5.60. The number of aryl methyl sites for hydroxylation is 3. The van der Waals surface area contributed by atoms with Crippen LogP contribution in [0.5, 0.6) is 0 Å². The maximum absolute atomic E-state index is 4.69. The van der Waals surface area contributed by atoms with Crippen molar-refractivity contribution in [2.24, 2.45) is 0 Å². The Hall–Kier alpha value is -1.94. The molecule has 118 valence electrons. The van der Waals surface area contributed by atoms with E-state index in [-0.39, 0.29) is 0 Å². The number of thiophene rings is 1. The van der Waals surface area contributed by atoms with Gasteiger partial charge in [0.25, 0.3) is 0 Å². The highest BCUT2D eigenvalue weighted by Crippen LogP contribution is 2.41. The van der Waals surface area contributed by atoms with Crippen molar-refractivity contribution < 1.29 is 0 Å². The van der Waals surface area contributed by atoms with E-state index in [4.69, 9.17) is 0 Å². The standard InChI is InChI=1S/C19H21N3S/c1-12-7-4-5-8-15(12)16-9-6-10-22(16)18-17-13(2)14(3)23-19(17)21-11-20-18/h4-5,7-8,11,16H,6,9-10H2,1-3H3/t16-/m0/s1. The van der Waals surface area contributed by atoms with Crippen LogP contribution in [0.1, 0.15) is 40.5 Å². The zero-order valence-electron chi connectivity index (χ0n) is 13.8. The summed E-state index contributed by atoms with van der Waals surface area (Å²) in [5.74, 6) is 1.11. The van der Waals surface area contributed by atoms with Crippen LogP contribution in [0.15, 0.2) is 30.6 Å². The SMILES string of the molecule is Cc1ccccc1[C@@H]1CCCN1c1ncnc2sc(C)c(C)c12. The van der Waals surface area contributed by atoms with E-state index in [9.17, 15) is 0 Å². The molecule has 0 bridgehead atoms. The van der Waals surface area contributed by atoms with Crippen LogP contribution in [0, 0.1) is 20.8 Å². The normalized spacial score (nSPS) is 18.0. The molecule has 0 aliphatic carbocycles. The van der Waals surface area contributed by atoms with E-state index in [0.29, 0.717) is 6.04 Å². The zero-order valence-corrected chi connectivity index (χ0v) is 14.7. The molecule has 0 radical (unpaired) electrons. The molecule has 0 spiro atoms. The number of hydrogen-bond donors (Lipinski definition) is 0. The van der Waals surface area contributed by atoms with Gasteiger partial charge in [0, 0.05) is 11.4 Å². The molecule has 23 heavy (non-hydrogen) atoms. The van der Waals surface area contributed by atoms with E-state index >= 15 is 0 Å². The summed E-state index contributed by atoms with van der Waals surface area (Å²) < 4.78 is 0. The molecule has 0 amide bonds. The van der Waals surface area contributed by atoms with Crippen LogP contribution in [0.3, 0.4) is 0 Å². The minimum absolute atomic E-state index is 0.425. The van der Waals surface area contributed by atoms with Gasteiger partial charge in [-0.3, -0.25) is 0 Å². The number of benzene rings is 1. The van der Waals surface area contributed by atoms with Crippen LogP contribution in [-0.4, -0.2) is 16.5 Å². The molecule has 1 aromatic carbocycles. The summed E-state index contributed by atoms with van der Waals surface area (Å²) in [4.78, 5) is 14.1. The van der Waals surface area contributed by atoms with Crippen molar-refractivity contribution in [3.8, 4) is 0 Å². The van der Waals surface area contributed by atoms with E-state index in [1.165, 1.54) is 39.8 Å². The van der Waals surface area contributed by atoms with Gasteiger partial charge in [-0.15, -0.1) is 11.3 Å². The highest BCUT2D eigenvalue weighted by Gasteiger charge is 2.30. The van der Waals surface area contributed by atoms with Crippen LogP contribution < -0.4 is 4.90 Å². The van der Waals surface area contributed by atoms with Crippen LogP contribution in [0.4, 0.5) is 5.82 Å². The Morgan fingerprint density at radius 3 is 2.78 bits per heavy atom. The maximum Gasteiger partial charge on any atom is 0.141 e. The summed E-state index contributed by atoms with van der Waals surface area (Å²) in [6.45, 7) is 7.65. The average Bonchev–Trinajstić information content (AvgIpc) is 3.13. The van der Waals surface area contributed by atoms with Crippen molar-refractivity contribution in [1.82, 2.24) is 9.97 Å². The Bertz CT molecular complexity index is 868. The van der Waals surface area contributed by atoms with Crippen molar-refractivity contribution in [1.29, 1.82) is 0 Å². The number of anilines is 1. The molecule has 0 saturated carbocycles. The monoisotopic (exact) mass is 323 g/mol. The Morgan fingerprint density at radius 1 is 1.13 bits per heavy atom. The minimum atomic E-state index is 0.425. The predicted octanol–water partition coefficient (Wildman–Crippen LogP) is 4.96. The molecular formula is C19H21N3S. The van der Waals surface area contributed by atoms with E-state index < -0.39 is 0 Å². The molecule has 3 aromatic rings. The number of rotatable bonds is 2. The molecule has 3 nitrogen and oxygen atoms in total. The second-order valence-electron chi connectivity index (χ2n) is 6.37. The lowest BCUT2D eigenvalue weighted by atomic mass is 9.99. The fraction of sp³-hybridized carbons (Fsp3) is 0.368. The first-order valence-corrected chi connectivity index (χ1v) is 9.01. The molecule has 1 saturated heterocycles. The summed E-state index contributed by atoms with van der Waals surface area (Å²) >= 11 is 1.77. The molecule has 0 unspecified atom stereocenters. The first-order valence-electron chi connectivity index (χ1n) is 8.19. The van der Waals surface area contributed by atoms with E-state index in [2.05, 4.69) is 59.9 Å². The summed E-state index contributed by atoms with van der Waals surface area (Å²) in [7, 11) is 0. The summed E-state index contributed by atoms with van der Waals surface area (Å²) in [6, 6.07) is 9.17. The largest absolute Gasteiger partial charge is 0.349 e. The summed E-state index contributed by atoms with van der Waals surface area (Å²) in [5.41, 5.74) is 4.13. The van der Waals surface area contributed by atoms with Crippen LogP contribution in [0.2, 0.25) is 0 Å². The lowest BCUT2D eigenvalue weighted by Crippen LogP contribution is -2.24. The molecule has 1 atom stereocenters. The Labute approximate surface area is 141 Å². The Balaban J connectivity index is 1.85.